The average Bonchev–Trinajstić information content (AvgIpc) is 2.91. The first kappa shape index (κ1) is 18.4. The van der Waals surface area contributed by atoms with Gasteiger partial charge in [-0.2, -0.15) is 0 Å². The monoisotopic (exact) mass is 344 g/mol. The molecule has 0 spiro atoms. The fourth-order valence-electron chi connectivity index (χ4n) is 2.36. The van der Waals surface area contributed by atoms with Crippen molar-refractivity contribution >= 4 is 17.7 Å². The fraction of sp³-hybridized carbons (Fsp3) is 0.333. The van der Waals surface area contributed by atoms with Crippen molar-refractivity contribution in [3.05, 3.63) is 52.9 Å². The van der Waals surface area contributed by atoms with Crippen molar-refractivity contribution in [3.63, 3.8) is 0 Å². The van der Waals surface area contributed by atoms with E-state index in [2.05, 4.69) is 10.5 Å². The molecule has 1 amide bonds. The number of benzene rings is 1. The molecule has 0 bridgehead atoms. The number of aryl methyl sites for hydroxylation is 2. The maximum absolute atomic E-state index is 12.0. The Bertz CT molecular complexity index is 748. The smallest absolute Gasteiger partial charge is 0.344 e. The minimum Gasteiger partial charge on any atom is -0.452 e. The van der Waals surface area contributed by atoms with Crippen molar-refractivity contribution < 1.29 is 23.6 Å². The predicted molar refractivity (Wildman–Crippen MR) is 89.0 cm³/mol. The molecule has 7 nitrogen and oxygen atoms in total. The van der Waals surface area contributed by atoms with Gasteiger partial charge in [0.25, 0.3) is 5.91 Å². The van der Waals surface area contributed by atoms with Gasteiger partial charge in [0.15, 0.2) is 12.4 Å². The highest BCUT2D eigenvalue weighted by Crippen LogP contribution is 2.13. The van der Waals surface area contributed by atoms with Crippen LogP contribution in [-0.2, 0) is 20.7 Å². The summed E-state index contributed by atoms with van der Waals surface area (Å²) in [4.78, 5) is 35.8. The number of carbonyl (C=O) groups excluding carboxylic acids is 3. The standard InChI is InChI=1S/C18H20N2O5/c1-11-17(13(3)25-20-11)18(23)24-10-16(22)19-15(12(2)21)9-14-7-5-4-6-8-14/h4-8,15H,9-10H2,1-3H3,(H,19,22)/t15-/m0/s1. The fourth-order valence-corrected chi connectivity index (χ4v) is 2.36. The van der Waals surface area contributed by atoms with Crippen LogP contribution in [0.15, 0.2) is 34.9 Å². The van der Waals surface area contributed by atoms with Crippen LogP contribution in [0.25, 0.3) is 0 Å². The normalized spacial score (nSPS) is 11.6. The molecule has 0 fully saturated rings. The summed E-state index contributed by atoms with van der Waals surface area (Å²) in [6.07, 6.45) is 0.375. The van der Waals surface area contributed by atoms with Gasteiger partial charge in [-0.3, -0.25) is 9.59 Å². The van der Waals surface area contributed by atoms with Crippen molar-refractivity contribution in [2.75, 3.05) is 6.61 Å². The molecule has 0 unspecified atom stereocenters. The lowest BCUT2D eigenvalue weighted by Crippen LogP contribution is -2.43. The maximum atomic E-state index is 12.0. The molecular weight excluding hydrogens is 324 g/mol. The van der Waals surface area contributed by atoms with Crippen LogP contribution in [0.1, 0.15) is 34.3 Å². The van der Waals surface area contributed by atoms with Gasteiger partial charge in [-0.25, -0.2) is 4.79 Å². The third-order valence-corrected chi connectivity index (χ3v) is 3.68. The molecule has 7 heteroatoms. The maximum Gasteiger partial charge on any atom is 0.344 e. The van der Waals surface area contributed by atoms with Crippen LogP contribution in [0, 0.1) is 13.8 Å². The Morgan fingerprint density at radius 3 is 2.44 bits per heavy atom. The lowest BCUT2D eigenvalue weighted by Gasteiger charge is -2.16. The van der Waals surface area contributed by atoms with Crippen molar-refractivity contribution in [2.45, 2.75) is 33.2 Å². The Hall–Kier alpha value is -2.96. The van der Waals surface area contributed by atoms with Gasteiger partial charge in [0, 0.05) is 0 Å². The number of rotatable bonds is 7. The van der Waals surface area contributed by atoms with Gasteiger partial charge in [-0.1, -0.05) is 35.5 Å². The van der Waals surface area contributed by atoms with Gasteiger partial charge in [0.1, 0.15) is 11.3 Å². The van der Waals surface area contributed by atoms with Crippen molar-refractivity contribution in [1.82, 2.24) is 10.5 Å². The van der Waals surface area contributed by atoms with Crippen LogP contribution in [0.4, 0.5) is 0 Å². The van der Waals surface area contributed by atoms with E-state index in [9.17, 15) is 14.4 Å². The number of aromatic nitrogens is 1. The number of ether oxygens (including phenoxy) is 1. The molecule has 0 aliphatic heterocycles. The number of hydrogen-bond acceptors (Lipinski definition) is 6. The molecule has 0 aliphatic carbocycles. The number of hydrogen-bond donors (Lipinski definition) is 1. The highest BCUT2D eigenvalue weighted by atomic mass is 16.5. The number of Topliss-reactive ketones (excluding diaryl/α,β-unsaturated/α-hetero) is 1. The summed E-state index contributed by atoms with van der Waals surface area (Å²) in [6.45, 7) is 4.12. The summed E-state index contributed by atoms with van der Waals surface area (Å²) >= 11 is 0. The Balaban J connectivity index is 1.91. The first-order valence-electron chi connectivity index (χ1n) is 7.82. The number of amides is 1. The van der Waals surface area contributed by atoms with Gasteiger partial charge in [0.2, 0.25) is 0 Å². The second kappa shape index (κ2) is 8.23. The minimum absolute atomic E-state index is 0.172. The zero-order valence-corrected chi connectivity index (χ0v) is 14.4. The Kier molecular flexibility index (Phi) is 6.05. The van der Waals surface area contributed by atoms with Gasteiger partial charge in [0.05, 0.1) is 11.7 Å². The Labute approximate surface area is 145 Å². The highest BCUT2D eigenvalue weighted by molar-refractivity contribution is 5.94. The summed E-state index contributed by atoms with van der Waals surface area (Å²) in [5.74, 6) is -1.08. The SMILES string of the molecule is CC(=O)[C@H](Cc1ccccc1)NC(=O)COC(=O)c1c(C)noc1C. The minimum atomic E-state index is -0.686. The molecule has 1 N–H and O–H groups in total. The molecule has 1 aromatic heterocycles. The van der Waals surface area contributed by atoms with Crippen molar-refractivity contribution in [3.8, 4) is 0 Å². The van der Waals surface area contributed by atoms with E-state index in [1.807, 2.05) is 30.3 Å². The summed E-state index contributed by atoms with van der Waals surface area (Å²) in [7, 11) is 0. The van der Waals surface area contributed by atoms with Gasteiger partial charge < -0.3 is 14.6 Å². The average molecular weight is 344 g/mol. The molecule has 25 heavy (non-hydrogen) atoms. The van der Waals surface area contributed by atoms with Crippen LogP contribution in [0.5, 0.6) is 0 Å². The van der Waals surface area contributed by atoms with E-state index in [4.69, 9.17) is 9.26 Å². The summed E-state index contributed by atoms with van der Waals surface area (Å²) in [5, 5.41) is 6.25. The molecule has 0 radical (unpaired) electrons. The summed E-state index contributed by atoms with van der Waals surface area (Å²) in [6, 6.07) is 8.67. The lowest BCUT2D eigenvalue weighted by atomic mass is 10.0. The molecule has 0 saturated heterocycles. The third-order valence-electron chi connectivity index (χ3n) is 3.68. The Morgan fingerprint density at radius 1 is 1.20 bits per heavy atom. The van der Waals surface area contributed by atoms with E-state index in [-0.39, 0.29) is 11.3 Å². The quantitative estimate of drug-likeness (QED) is 0.769. The van der Waals surface area contributed by atoms with E-state index in [1.54, 1.807) is 13.8 Å². The molecule has 2 aromatic rings. The van der Waals surface area contributed by atoms with E-state index in [0.29, 0.717) is 17.9 Å². The highest BCUT2D eigenvalue weighted by Gasteiger charge is 2.22. The van der Waals surface area contributed by atoms with Crippen molar-refractivity contribution in [2.24, 2.45) is 0 Å². The molecule has 1 heterocycles. The van der Waals surface area contributed by atoms with Gasteiger partial charge >= 0.3 is 5.97 Å². The number of nitrogens with zero attached hydrogens (tertiary/aromatic N) is 1. The predicted octanol–water partition coefficient (Wildman–Crippen LogP) is 1.76. The summed E-state index contributed by atoms with van der Waals surface area (Å²) < 4.78 is 9.87. The van der Waals surface area contributed by atoms with Crippen LogP contribution < -0.4 is 5.32 Å². The molecule has 0 aliphatic rings. The van der Waals surface area contributed by atoms with Crippen molar-refractivity contribution in [1.29, 1.82) is 0 Å². The van der Waals surface area contributed by atoms with Crippen LogP contribution >= 0.6 is 0 Å². The van der Waals surface area contributed by atoms with E-state index in [0.717, 1.165) is 5.56 Å². The van der Waals surface area contributed by atoms with E-state index >= 15 is 0 Å². The second-order valence-electron chi connectivity index (χ2n) is 5.70. The Morgan fingerprint density at radius 2 is 1.88 bits per heavy atom. The first-order valence-corrected chi connectivity index (χ1v) is 7.82. The number of nitrogens with one attached hydrogen (secondary N) is 1. The van der Waals surface area contributed by atoms with Crippen LogP contribution in [-0.4, -0.2) is 35.5 Å². The summed E-state index contributed by atoms with van der Waals surface area (Å²) in [5.41, 5.74) is 1.53. The molecule has 2 rings (SSSR count). The van der Waals surface area contributed by atoms with Crippen LogP contribution in [0.3, 0.4) is 0 Å². The lowest BCUT2D eigenvalue weighted by molar-refractivity contribution is -0.128. The number of esters is 1. The zero-order valence-electron chi connectivity index (χ0n) is 14.4. The topological polar surface area (TPSA) is 98.5 Å². The van der Waals surface area contributed by atoms with E-state index < -0.39 is 24.5 Å². The third kappa shape index (κ3) is 5.00. The molecular formula is C18H20N2O5. The molecule has 1 atom stereocenters. The first-order chi connectivity index (χ1) is 11.9. The molecule has 1 aromatic carbocycles. The zero-order chi connectivity index (χ0) is 18.4. The van der Waals surface area contributed by atoms with Gasteiger partial charge in [-0.05, 0) is 32.8 Å². The van der Waals surface area contributed by atoms with E-state index in [1.165, 1.54) is 6.92 Å². The largest absolute Gasteiger partial charge is 0.452 e. The second-order valence-corrected chi connectivity index (χ2v) is 5.70. The molecule has 132 valence electrons. The number of ketones is 1. The van der Waals surface area contributed by atoms with Gasteiger partial charge in [-0.15, -0.1) is 0 Å². The molecule has 0 saturated carbocycles. The van der Waals surface area contributed by atoms with Crippen LogP contribution in [0.2, 0.25) is 0 Å². The number of carbonyl (C=O) groups is 3.